The molecule has 2 aliphatic heterocycles. The average Bonchev–Trinajstić information content (AvgIpc) is 3.17. The molecule has 0 radical (unpaired) electrons. The molecule has 0 unspecified atom stereocenters. The third-order valence-corrected chi connectivity index (χ3v) is 10.8. The molecule has 2 heterocycles. The van der Waals surface area contributed by atoms with E-state index in [1.165, 1.54) is 15.6 Å². The molecule has 2 aromatic rings. The van der Waals surface area contributed by atoms with Crippen molar-refractivity contribution >= 4 is 25.5 Å². The van der Waals surface area contributed by atoms with Crippen LogP contribution in [0, 0.1) is 5.92 Å². The van der Waals surface area contributed by atoms with Crippen molar-refractivity contribution in [2.45, 2.75) is 54.7 Å². The molecule has 0 aromatic heterocycles. The van der Waals surface area contributed by atoms with Gasteiger partial charge in [0.05, 0.1) is 0 Å². The summed E-state index contributed by atoms with van der Waals surface area (Å²) in [6.07, 6.45) is 1.35. The van der Waals surface area contributed by atoms with E-state index in [0.29, 0.717) is 13.2 Å². The van der Waals surface area contributed by atoms with Crippen LogP contribution in [0.4, 0.5) is 4.79 Å². The second-order valence-electron chi connectivity index (χ2n) is 9.43. The predicted molar refractivity (Wildman–Crippen MR) is 125 cm³/mol. The monoisotopic (exact) mass is 515 g/mol. The third kappa shape index (κ3) is 2.98. The van der Waals surface area contributed by atoms with Gasteiger partial charge < -0.3 is 0 Å². The second-order valence-corrected chi connectivity index (χ2v) is 12.2. The van der Waals surface area contributed by atoms with E-state index in [1.807, 2.05) is 24.0 Å². The first-order valence-corrected chi connectivity index (χ1v) is 13.6. The Labute approximate surface area is 200 Å². The number of benzene rings is 2. The fourth-order valence-corrected chi connectivity index (χ4v) is 9.47. The number of amides is 1. The molecule has 1 saturated heterocycles. The van der Waals surface area contributed by atoms with Gasteiger partial charge in [0.2, 0.25) is 0 Å². The van der Waals surface area contributed by atoms with Crippen molar-refractivity contribution < 1.29 is 24.1 Å². The van der Waals surface area contributed by atoms with Gasteiger partial charge in [-0.15, -0.1) is 0 Å². The summed E-state index contributed by atoms with van der Waals surface area (Å²) in [4.78, 5) is 15.0. The zero-order valence-corrected chi connectivity index (χ0v) is 20.6. The number of likely N-dealkylation sites (tertiary alicyclic amines) is 1. The van der Waals surface area contributed by atoms with Crippen LogP contribution in [-0.2, 0) is 16.6 Å². The first-order valence-electron chi connectivity index (χ1n) is 11.8. The Morgan fingerprint density at radius 2 is 2.09 bits per heavy atom. The van der Waals surface area contributed by atoms with Crippen LogP contribution in [-0.4, -0.2) is 69.6 Å². The van der Waals surface area contributed by atoms with Crippen molar-refractivity contribution in [2.75, 3.05) is 20.3 Å². The number of carbonyl (C=O) groups is 1. The number of carbonyl (C=O) groups excluding carboxylic acids is 1. The van der Waals surface area contributed by atoms with Crippen molar-refractivity contribution in [3.63, 3.8) is 0 Å². The Morgan fingerprint density at radius 1 is 1.27 bits per heavy atom. The van der Waals surface area contributed by atoms with E-state index < -0.39 is 6.10 Å². The summed E-state index contributed by atoms with van der Waals surface area (Å²) < 4.78 is 19.0. The van der Waals surface area contributed by atoms with Crippen molar-refractivity contribution in [1.29, 1.82) is 0 Å². The van der Waals surface area contributed by atoms with E-state index >= 15 is 0 Å². The molecule has 2 aliphatic carbocycles. The fraction of sp³-hybridized carbons (Fsp3) is 0.500. The molecule has 4 aliphatic rings. The zero-order chi connectivity index (χ0) is 22.7. The first kappa shape index (κ1) is 21.3. The standard InChI is InChI=1S/C26H29NO5Se/c1-3-31-25(29)27-12-11-26-17-14-20(33-16-7-5-4-6-8-16)22(28)24(26)32-23-19(30-2)10-9-15(21(23)26)13-18(17)27/h4-10,17-18,20,22,24,28H,3,11-14H2,1-2H3/t17-,18+,20-,22+,24-,26-/m0/s1. The van der Waals surface area contributed by atoms with E-state index in [9.17, 15) is 9.90 Å². The van der Waals surface area contributed by atoms with Gasteiger partial charge in [-0.3, -0.25) is 0 Å². The van der Waals surface area contributed by atoms with E-state index in [4.69, 9.17) is 14.2 Å². The Morgan fingerprint density at radius 3 is 2.85 bits per heavy atom. The van der Waals surface area contributed by atoms with Crippen LogP contribution >= 0.6 is 0 Å². The van der Waals surface area contributed by atoms with Gasteiger partial charge in [-0.25, -0.2) is 0 Å². The van der Waals surface area contributed by atoms with Crippen LogP contribution in [0.1, 0.15) is 30.9 Å². The van der Waals surface area contributed by atoms with E-state index in [1.54, 1.807) is 7.11 Å². The number of ether oxygens (including phenoxy) is 3. The van der Waals surface area contributed by atoms with Gasteiger partial charge in [0.25, 0.3) is 0 Å². The molecule has 1 spiro atoms. The van der Waals surface area contributed by atoms with Crippen molar-refractivity contribution in [1.82, 2.24) is 4.90 Å². The summed E-state index contributed by atoms with van der Waals surface area (Å²) in [5.74, 6) is 1.76. The van der Waals surface area contributed by atoms with Crippen LogP contribution in [0.3, 0.4) is 0 Å². The molecule has 1 saturated carbocycles. The maximum atomic E-state index is 12.9. The molecule has 1 amide bonds. The molecule has 6 atom stereocenters. The van der Waals surface area contributed by atoms with Crippen molar-refractivity contribution in [3.05, 3.63) is 53.6 Å². The van der Waals surface area contributed by atoms with Gasteiger partial charge >= 0.3 is 200 Å². The second kappa shape index (κ2) is 7.93. The summed E-state index contributed by atoms with van der Waals surface area (Å²) in [7, 11) is 1.67. The van der Waals surface area contributed by atoms with Crippen LogP contribution in [0.15, 0.2) is 42.5 Å². The molecule has 7 heteroatoms. The molecular weight excluding hydrogens is 485 g/mol. The molecule has 2 fully saturated rings. The Bertz CT molecular complexity index is 1080. The minimum atomic E-state index is -0.556. The topological polar surface area (TPSA) is 68.2 Å². The fourth-order valence-electron chi connectivity index (χ4n) is 6.85. The Hall–Kier alpha value is -2.21. The summed E-state index contributed by atoms with van der Waals surface area (Å²) in [5.41, 5.74) is 2.15. The first-order chi connectivity index (χ1) is 16.1. The van der Waals surface area contributed by atoms with Gasteiger partial charge in [-0.05, 0) is 0 Å². The SMILES string of the molecule is CCOC(=O)N1CC[C@]23c4c5ccc(OC)c4O[C@H]2[C@H](O)[C@@H]([Se]c2ccccc2)C[C@H]3[C@H]1C5. The van der Waals surface area contributed by atoms with Gasteiger partial charge in [0.15, 0.2) is 0 Å². The molecule has 6 nitrogen and oxygen atoms in total. The van der Waals surface area contributed by atoms with Crippen molar-refractivity contribution in [2.24, 2.45) is 5.92 Å². The summed E-state index contributed by atoms with van der Waals surface area (Å²) in [6.45, 7) is 2.85. The number of aliphatic hydroxyl groups is 1. The van der Waals surface area contributed by atoms with E-state index in [2.05, 4.69) is 30.3 Å². The maximum absolute atomic E-state index is 12.9. The molecule has 33 heavy (non-hydrogen) atoms. The van der Waals surface area contributed by atoms with E-state index in [-0.39, 0.29) is 49.3 Å². The summed E-state index contributed by atoms with van der Waals surface area (Å²) in [6, 6.07) is 14.6. The average molecular weight is 514 g/mol. The third-order valence-electron chi connectivity index (χ3n) is 8.08. The van der Waals surface area contributed by atoms with Crippen LogP contribution in [0.25, 0.3) is 0 Å². The molecule has 1 N–H and O–H groups in total. The van der Waals surface area contributed by atoms with Gasteiger partial charge in [0, 0.05) is 0 Å². The Kier molecular flexibility index (Phi) is 5.13. The minimum absolute atomic E-state index is 0.0531. The van der Waals surface area contributed by atoms with Crippen LogP contribution in [0.5, 0.6) is 11.5 Å². The molecule has 2 aromatic carbocycles. The Balaban J connectivity index is 1.45. The summed E-state index contributed by atoms with van der Waals surface area (Å²) in [5, 5.41) is 11.7. The van der Waals surface area contributed by atoms with Crippen LogP contribution < -0.4 is 13.9 Å². The zero-order valence-electron chi connectivity index (χ0n) is 18.9. The number of hydrogen-bond donors (Lipinski definition) is 1. The number of hydrogen-bond acceptors (Lipinski definition) is 5. The number of nitrogens with zero attached hydrogens (tertiary/aromatic N) is 1. The molecule has 174 valence electrons. The summed E-state index contributed by atoms with van der Waals surface area (Å²) >= 11 is 0.105. The predicted octanol–water partition coefficient (Wildman–Crippen LogP) is 2.68. The molecule has 2 bridgehead atoms. The van der Waals surface area contributed by atoms with Gasteiger partial charge in [-0.2, -0.15) is 0 Å². The van der Waals surface area contributed by atoms with E-state index in [0.717, 1.165) is 30.8 Å². The normalized spacial score (nSPS) is 33.2. The van der Waals surface area contributed by atoms with Gasteiger partial charge in [0.1, 0.15) is 0 Å². The molecular formula is C26H29NO5Se. The van der Waals surface area contributed by atoms with Crippen molar-refractivity contribution in [3.8, 4) is 11.5 Å². The number of piperidine rings is 1. The van der Waals surface area contributed by atoms with Crippen LogP contribution in [0.2, 0.25) is 4.82 Å². The number of aliphatic hydroxyl groups excluding tert-OH is 1. The van der Waals surface area contributed by atoms with Gasteiger partial charge in [-0.1, -0.05) is 0 Å². The number of methoxy groups -OCH3 is 1. The number of rotatable bonds is 4. The molecule has 6 rings (SSSR count). The quantitative estimate of drug-likeness (QED) is 0.636.